The van der Waals surface area contributed by atoms with Crippen molar-refractivity contribution in [2.75, 3.05) is 0 Å². The maximum absolute atomic E-state index is 12.3. The van der Waals surface area contributed by atoms with E-state index in [4.69, 9.17) is 11.6 Å². The first-order chi connectivity index (χ1) is 8.00. The van der Waals surface area contributed by atoms with Crippen LogP contribution in [0.2, 0.25) is 5.02 Å². The van der Waals surface area contributed by atoms with Crippen LogP contribution in [-0.2, 0) is 7.05 Å². The molecule has 1 aromatic carbocycles. The fourth-order valence-electron chi connectivity index (χ4n) is 1.44. The van der Waals surface area contributed by atoms with Gasteiger partial charge in [0.2, 0.25) is 5.78 Å². The quantitative estimate of drug-likeness (QED) is 0.745. The van der Waals surface area contributed by atoms with E-state index in [0.29, 0.717) is 25.2 Å². The molecule has 0 saturated heterocycles. The molecule has 0 fully saturated rings. The van der Waals surface area contributed by atoms with Crippen molar-refractivity contribution in [3.05, 3.63) is 49.6 Å². The van der Waals surface area contributed by atoms with Crippen LogP contribution in [-0.4, -0.2) is 15.6 Å². The van der Waals surface area contributed by atoms with Gasteiger partial charge in [0.25, 0.3) is 0 Å². The molecule has 0 aliphatic heterocycles. The van der Waals surface area contributed by atoms with E-state index >= 15 is 0 Å². The van der Waals surface area contributed by atoms with E-state index < -0.39 is 0 Å². The molecule has 2 rings (SSSR count). The zero-order valence-electron chi connectivity index (χ0n) is 8.75. The Balaban J connectivity index is 2.48. The molecule has 2 aromatic rings. The first-order valence-electron chi connectivity index (χ1n) is 4.68. The molecule has 1 aromatic heterocycles. The second kappa shape index (κ2) is 4.92. The maximum Gasteiger partial charge on any atom is 0.212 e. The number of carbonyl (C=O) groups excluding carboxylic acids is 1. The predicted octanol–water partition coefficient (Wildman–Crippen LogP) is 3.83. The van der Waals surface area contributed by atoms with Gasteiger partial charge in [0.05, 0.1) is 15.7 Å². The van der Waals surface area contributed by atoms with E-state index in [1.165, 1.54) is 4.68 Å². The van der Waals surface area contributed by atoms with Gasteiger partial charge in [0.1, 0.15) is 5.69 Å². The first-order valence-corrected chi connectivity index (χ1v) is 6.64. The molecule has 0 aliphatic carbocycles. The summed E-state index contributed by atoms with van der Waals surface area (Å²) in [6.45, 7) is 0. The highest BCUT2D eigenvalue weighted by Crippen LogP contribution is 2.26. The van der Waals surface area contributed by atoms with E-state index in [2.05, 4.69) is 37.0 Å². The van der Waals surface area contributed by atoms with Crippen LogP contribution in [0, 0.1) is 0 Å². The third-order valence-electron chi connectivity index (χ3n) is 2.29. The van der Waals surface area contributed by atoms with Gasteiger partial charge in [-0.05, 0) is 50.1 Å². The largest absolute Gasteiger partial charge is 0.287 e. The standard InChI is InChI=1S/C11H7Br2ClN2O/c1-16-10(8(13)5-15-16)11(17)6-2-3-9(14)7(12)4-6/h2-5H,1H3. The Morgan fingerprint density at radius 2 is 2.06 bits per heavy atom. The highest BCUT2D eigenvalue weighted by molar-refractivity contribution is 9.10. The zero-order valence-corrected chi connectivity index (χ0v) is 12.7. The van der Waals surface area contributed by atoms with E-state index in [1.54, 1.807) is 31.4 Å². The van der Waals surface area contributed by atoms with Gasteiger partial charge in [0.15, 0.2) is 0 Å². The molecule has 0 aliphatic rings. The monoisotopic (exact) mass is 376 g/mol. The van der Waals surface area contributed by atoms with Crippen LogP contribution < -0.4 is 0 Å². The molecule has 0 bridgehead atoms. The summed E-state index contributed by atoms with van der Waals surface area (Å²) in [5, 5.41) is 4.59. The van der Waals surface area contributed by atoms with Crippen molar-refractivity contribution in [2.24, 2.45) is 7.05 Å². The topological polar surface area (TPSA) is 34.9 Å². The van der Waals surface area contributed by atoms with Crippen molar-refractivity contribution in [3.8, 4) is 0 Å². The van der Waals surface area contributed by atoms with Crippen LogP contribution in [0.3, 0.4) is 0 Å². The lowest BCUT2D eigenvalue weighted by molar-refractivity contribution is 0.102. The third kappa shape index (κ3) is 2.46. The molecule has 0 saturated carbocycles. The molecule has 0 radical (unpaired) electrons. The molecule has 0 N–H and O–H groups in total. The van der Waals surface area contributed by atoms with Gasteiger partial charge in [0, 0.05) is 17.1 Å². The summed E-state index contributed by atoms with van der Waals surface area (Å²) in [5.41, 5.74) is 1.07. The Labute approximate surface area is 120 Å². The Morgan fingerprint density at radius 1 is 1.35 bits per heavy atom. The highest BCUT2D eigenvalue weighted by atomic mass is 79.9. The lowest BCUT2D eigenvalue weighted by atomic mass is 10.1. The number of nitrogens with zero attached hydrogens (tertiary/aromatic N) is 2. The SMILES string of the molecule is Cn1ncc(Br)c1C(=O)c1ccc(Cl)c(Br)c1. The molecule has 0 unspecified atom stereocenters. The van der Waals surface area contributed by atoms with Crippen molar-refractivity contribution in [3.63, 3.8) is 0 Å². The Kier molecular flexibility index (Phi) is 3.70. The molecule has 0 amide bonds. The van der Waals surface area contributed by atoms with Crippen molar-refractivity contribution < 1.29 is 4.79 Å². The van der Waals surface area contributed by atoms with Crippen LogP contribution >= 0.6 is 43.5 Å². The molecule has 0 spiro atoms. The second-order valence-electron chi connectivity index (χ2n) is 3.42. The van der Waals surface area contributed by atoms with Crippen LogP contribution in [0.5, 0.6) is 0 Å². The summed E-state index contributed by atoms with van der Waals surface area (Å²) in [5.74, 6) is -0.103. The molecule has 3 nitrogen and oxygen atoms in total. The number of hydrogen-bond donors (Lipinski definition) is 0. The summed E-state index contributed by atoms with van der Waals surface area (Å²) < 4.78 is 2.91. The maximum atomic E-state index is 12.3. The smallest absolute Gasteiger partial charge is 0.212 e. The van der Waals surface area contributed by atoms with Gasteiger partial charge in [-0.25, -0.2) is 0 Å². The van der Waals surface area contributed by atoms with Gasteiger partial charge in [-0.15, -0.1) is 0 Å². The van der Waals surface area contributed by atoms with Gasteiger partial charge >= 0.3 is 0 Å². The van der Waals surface area contributed by atoms with Crippen LogP contribution in [0.25, 0.3) is 0 Å². The van der Waals surface area contributed by atoms with Crippen LogP contribution in [0.4, 0.5) is 0 Å². The fourth-order valence-corrected chi connectivity index (χ4v) is 2.46. The third-order valence-corrected chi connectivity index (χ3v) is 4.09. The number of halogens is 3. The Hall–Kier alpha value is -0.650. The normalized spacial score (nSPS) is 10.6. The summed E-state index contributed by atoms with van der Waals surface area (Å²) in [4.78, 5) is 12.3. The average molecular weight is 378 g/mol. The lowest BCUT2D eigenvalue weighted by Gasteiger charge is -2.04. The number of carbonyl (C=O) groups is 1. The summed E-state index contributed by atoms with van der Waals surface area (Å²) in [6.07, 6.45) is 1.60. The molecule has 1 heterocycles. The number of aryl methyl sites for hydroxylation is 1. The van der Waals surface area contributed by atoms with Crippen molar-refractivity contribution >= 4 is 49.2 Å². The minimum absolute atomic E-state index is 0.103. The Bertz CT molecular complexity index is 576. The number of hydrogen-bond acceptors (Lipinski definition) is 2. The number of ketones is 1. The highest BCUT2D eigenvalue weighted by Gasteiger charge is 2.17. The second-order valence-corrected chi connectivity index (χ2v) is 5.54. The van der Waals surface area contributed by atoms with Crippen LogP contribution in [0.15, 0.2) is 33.3 Å². The van der Waals surface area contributed by atoms with Crippen molar-refractivity contribution in [2.45, 2.75) is 0 Å². The van der Waals surface area contributed by atoms with E-state index in [0.717, 1.165) is 0 Å². The van der Waals surface area contributed by atoms with Crippen LogP contribution in [0.1, 0.15) is 16.1 Å². The van der Waals surface area contributed by atoms with Gasteiger partial charge in [-0.1, -0.05) is 11.6 Å². The minimum Gasteiger partial charge on any atom is -0.287 e. The Morgan fingerprint density at radius 3 is 2.59 bits per heavy atom. The van der Waals surface area contributed by atoms with E-state index in [-0.39, 0.29) is 5.78 Å². The van der Waals surface area contributed by atoms with Crippen molar-refractivity contribution in [1.29, 1.82) is 0 Å². The summed E-state index contributed by atoms with van der Waals surface area (Å²) >= 11 is 12.5. The van der Waals surface area contributed by atoms with Gasteiger partial charge in [-0.2, -0.15) is 5.10 Å². The summed E-state index contributed by atoms with van der Waals surface area (Å²) in [6, 6.07) is 5.07. The lowest BCUT2D eigenvalue weighted by Crippen LogP contribution is -2.08. The van der Waals surface area contributed by atoms with Crippen molar-refractivity contribution in [1.82, 2.24) is 9.78 Å². The van der Waals surface area contributed by atoms with E-state index in [9.17, 15) is 4.79 Å². The zero-order chi connectivity index (χ0) is 12.6. The predicted molar refractivity (Wildman–Crippen MR) is 73.5 cm³/mol. The van der Waals surface area contributed by atoms with Gasteiger partial charge < -0.3 is 0 Å². The molecule has 6 heteroatoms. The molecule has 88 valence electrons. The fraction of sp³-hybridized carbons (Fsp3) is 0.0909. The van der Waals surface area contributed by atoms with E-state index in [1.807, 2.05) is 0 Å². The number of rotatable bonds is 2. The molecule has 0 atom stereocenters. The molecule has 17 heavy (non-hydrogen) atoms. The average Bonchev–Trinajstić information content (AvgIpc) is 2.62. The van der Waals surface area contributed by atoms with Gasteiger partial charge in [-0.3, -0.25) is 9.48 Å². The molecular formula is C11H7Br2ClN2O. The summed E-state index contributed by atoms with van der Waals surface area (Å²) in [7, 11) is 1.73. The molecular weight excluding hydrogens is 371 g/mol. The minimum atomic E-state index is -0.103. The number of aromatic nitrogens is 2. The first kappa shape index (κ1) is 12.8. The number of benzene rings is 1.